The molecule has 2 aromatic carbocycles. The normalized spacial score (nSPS) is 15.4. The third-order valence-electron chi connectivity index (χ3n) is 6.04. The fourth-order valence-corrected chi connectivity index (χ4v) is 4.21. The third kappa shape index (κ3) is 9.27. The molecule has 2 aliphatic heterocycles. The molecule has 9 nitrogen and oxygen atoms in total. The number of ether oxygens (including phenoxy) is 2. The van der Waals surface area contributed by atoms with Crippen LogP contribution in [0.1, 0.15) is 11.1 Å². The van der Waals surface area contributed by atoms with E-state index in [1.807, 2.05) is 24.3 Å². The summed E-state index contributed by atoms with van der Waals surface area (Å²) in [7, 11) is 0. The number of fused-ring (bicyclic) bond motifs is 6. The summed E-state index contributed by atoms with van der Waals surface area (Å²) in [6, 6.07) is 14.3. The maximum absolute atomic E-state index is 11.2. The second-order valence-corrected chi connectivity index (χ2v) is 9.75. The van der Waals surface area contributed by atoms with Crippen LogP contribution in [0.2, 0.25) is 5.02 Å². The van der Waals surface area contributed by atoms with Crippen molar-refractivity contribution in [2.75, 3.05) is 43.5 Å². The monoisotopic (exact) mass is 631 g/mol. The Balaban J connectivity index is 0.000000301. The zero-order chi connectivity index (χ0) is 31.2. The second kappa shape index (κ2) is 13.6. The molecule has 0 spiro atoms. The molecule has 0 radical (unpaired) electrons. The molecule has 43 heavy (non-hydrogen) atoms. The van der Waals surface area contributed by atoms with Crippen molar-refractivity contribution < 1.29 is 45.4 Å². The standard InChI is InChI=1S/C23H24ClN5O2.C4F6O2/c24-21-14-25-23-27-19-11-16(10-17(12-19)15-29-5-8-30-9-6-29)4-7-31-20-3-1-2-18(13-20)26-22(21)28-23;5-3(6,7)1(11)2(12)4(8,9)10/h1-3,10-14H,4-9,15H2,(H2,25,26,27,28);. The Morgan fingerprint density at radius 1 is 0.907 bits per heavy atom. The summed E-state index contributed by atoms with van der Waals surface area (Å²) in [5.74, 6) is -4.98. The summed E-state index contributed by atoms with van der Waals surface area (Å²) >= 11 is 6.33. The number of halogens is 7. The van der Waals surface area contributed by atoms with Gasteiger partial charge in [0.2, 0.25) is 5.95 Å². The van der Waals surface area contributed by atoms with Crippen molar-refractivity contribution in [1.82, 2.24) is 14.9 Å². The molecule has 2 aliphatic rings. The van der Waals surface area contributed by atoms with Crippen LogP contribution in [0, 0.1) is 0 Å². The fourth-order valence-electron chi connectivity index (χ4n) is 4.08. The number of rotatable bonds is 3. The van der Waals surface area contributed by atoms with Gasteiger partial charge in [-0.2, -0.15) is 31.3 Å². The van der Waals surface area contributed by atoms with E-state index in [9.17, 15) is 35.9 Å². The number of hydrogen-bond donors (Lipinski definition) is 2. The van der Waals surface area contributed by atoms with Crippen LogP contribution < -0.4 is 15.4 Å². The van der Waals surface area contributed by atoms with Crippen LogP contribution in [0.25, 0.3) is 0 Å². The maximum atomic E-state index is 11.2. The van der Waals surface area contributed by atoms with Gasteiger partial charge >= 0.3 is 23.9 Å². The molecule has 230 valence electrons. The molecule has 0 atom stereocenters. The van der Waals surface area contributed by atoms with E-state index in [1.54, 1.807) is 6.20 Å². The Kier molecular flexibility index (Phi) is 10.1. The lowest BCUT2D eigenvalue weighted by Gasteiger charge is -2.27. The maximum Gasteiger partial charge on any atom is 0.458 e. The minimum absolute atomic E-state index is 0.450. The largest absolute Gasteiger partial charge is 0.493 e. The molecule has 0 aliphatic carbocycles. The molecular formula is C27H24ClF6N5O4. The number of nitrogens with one attached hydrogen (secondary N) is 2. The number of aromatic nitrogens is 2. The van der Waals surface area contributed by atoms with E-state index in [0.717, 1.165) is 56.4 Å². The lowest BCUT2D eigenvalue weighted by molar-refractivity contribution is -0.193. The predicted molar refractivity (Wildman–Crippen MR) is 144 cm³/mol. The molecule has 16 heteroatoms. The smallest absolute Gasteiger partial charge is 0.458 e. The van der Waals surface area contributed by atoms with Gasteiger partial charge in [-0.3, -0.25) is 14.5 Å². The van der Waals surface area contributed by atoms with Crippen LogP contribution in [-0.4, -0.2) is 71.7 Å². The predicted octanol–water partition coefficient (Wildman–Crippen LogP) is 5.63. The van der Waals surface area contributed by atoms with Crippen LogP contribution in [0.4, 0.5) is 49.5 Å². The number of morpholine rings is 1. The van der Waals surface area contributed by atoms with Gasteiger partial charge in [0.15, 0.2) is 5.82 Å². The van der Waals surface area contributed by atoms with Gasteiger partial charge in [-0.15, -0.1) is 0 Å². The van der Waals surface area contributed by atoms with Crippen molar-refractivity contribution in [3.8, 4) is 5.75 Å². The van der Waals surface area contributed by atoms with E-state index >= 15 is 0 Å². The zero-order valence-corrected chi connectivity index (χ0v) is 22.9. The van der Waals surface area contributed by atoms with Crippen molar-refractivity contribution in [2.45, 2.75) is 25.3 Å². The second-order valence-electron chi connectivity index (χ2n) is 9.35. The molecule has 1 fully saturated rings. The Hall–Kier alpha value is -3.95. The Morgan fingerprint density at radius 2 is 1.60 bits per heavy atom. The number of nitrogens with zero attached hydrogens (tertiary/aromatic N) is 3. The van der Waals surface area contributed by atoms with Gasteiger partial charge in [-0.05, 0) is 35.4 Å². The number of benzene rings is 2. The molecular weight excluding hydrogens is 608 g/mol. The minimum Gasteiger partial charge on any atom is -0.493 e. The highest BCUT2D eigenvalue weighted by atomic mass is 35.5. The molecule has 3 heterocycles. The molecule has 0 amide bonds. The van der Waals surface area contributed by atoms with Crippen molar-refractivity contribution in [3.63, 3.8) is 0 Å². The van der Waals surface area contributed by atoms with Gasteiger partial charge < -0.3 is 20.1 Å². The highest BCUT2D eigenvalue weighted by Crippen LogP contribution is 2.28. The first-order chi connectivity index (χ1) is 20.3. The molecule has 0 unspecified atom stereocenters. The average Bonchev–Trinajstić information content (AvgIpc) is 2.94. The number of ketones is 2. The lowest BCUT2D eigenvalue weighted by Crippen LogP contribution is -2.39. The summed E-state index contributed by atoms with van der Waals surface area (Å²) < 4.78 is 78.4. The fraction of sp³-hybridized carbons (Fsp3) is 0.333. The van der Waals surface area contributed by atoms with E-state index in [1.165, 1.54) is 11.1 Å². The Labute approximate surface area is 246 Å². The van der Waals surface area contributed by atoms with Gasteiger partial charge in [0.1, 0.15) is 10.8 Å². The lowest BCUT2D eigenvalue weighted by atomic mass is 10.1. The van der Waals surface area contributed by atoms with Gasteiger partial charge in [0.05, 0.1) is 26.0 Å². The van der Waals surface area contributed by atoms with Crippen LogP contribution >= 0.6 is 11.6 Å². The molecule has 1 aromatic heterocycles. The number of alkyl halides is 6. The van der Waals surface area contributed by atoms with Gasteiger partial charge in [-0.1, -0.05) is 23.7 Å². The number of anilines is 4. The molecule has 1 saturated heterocycles. The number of hydrogen-bond acceptors (Lipinski definition) is 9. The molecule has 5 rings (SSSR count). The summed E-state index contributed by atoms with van der Waals surface area (Å²) in [4.78, 5) is 30.6. The van der Waals surface area contributed by atoms with E-state index in [2.05, 4.69) is 43.7 Å². The first kappa shape index (κ1) is 32.0. The van der Waals surface area contributed by atoms with Gasteiger partial charge in [0, 0.05) is 43.5 Å². The highest BCUT2D eigenvalue weighted by molar-refractivity contribution is 6.41. The van der Waals surface area contributed by atoms with Gasteiger partial charge in [-0.25, -0.2) is 4.98 Å². The SMILES string of the molecule is Clc1cnc2nc1Nc1cccc(c1)OCCc1cc(CN3CCOCC3)cc(c1)N2.O=C(C(=O)C(F)(F)F)C(F)(F)F. The van der Waals surface area contributed by atoms with Crippen molar-refractivity contribution in [1.29, 1.82) is 0 Å². The number of Topliss-reactive ketones (excluding diaryl/α,β-unsaturated/α-hetero) is 2. The first-order valence-corrected chi connectivity index (χ1v) is 13.1. The number of carbonyl (C=O) groups is 2. The van der Waals surface area contributed by atoms with Crippen LogP contribution in [-0.2, 0) is 27.3 Å². The van der Waals surface area contributed by atoms with Gasteiger partial charge in [0.25, 0.3) is 0 Å². The summed E-state index contributed by atoms with van der Waals surface area (Å²) in [5, 5.41) is 7.05. The van der Waals surface area contributed by atoms with E-state index in [0.29, 0.717) is 23.4 Å². The van der Waals surface area contributed by atoms with Crippen molar-refractivity contribution in [2.24, 2.45) is 0 Å². The topological polar surface area (TPSA) is 106 Å². The van der Waals surface area contributed by atoms with Crippen LogP contribution in [0.5, 0.6) is 5.75 Å². The Morgan fingerprint density at radius 3 is 2.28 bits per heavy atom. The third-order valence-corrected chi connectivity index (χ3v) is 6.32. The summed E-state index contributed by atoms with van der Waals surface area (Å²) in [6.07, 6.45) is -9.14. The molecule has 2 N–H and O–H groups in total. The molecule has 6 bridgehead atoms. The molecule has 0 saturated carbocycles. The quantitative estimate of drug-likeness (QED) is 0.281. The average molecular weight is 632 g/mol. The van der Waals surface area contributed by atoms with E-state index in [-0.39, 0.29) is 0 Å². The number of carbonyl (C=O) groups excluding carboxylic acids is 2. The Bertz CT molecular complexity index is 1440. The summed E-state index contributed by atoms with van der Waals surface area (Å²) in [5.41, 5.74) is 4.24. The molecule has 3 aromatic rings. The van der Waals surface area contributed by atoms with Crippen molar-refractivity contribution >= 4 is 46.3 Å². The van der Waals surface area contributed by atoms with E-state index in [4.69, 9.17) is 21.1 Å². The van der Waals surface area contributed by atoms with Crippen LogP contribution in [0.15, 0.2) is 48.7 Å². The van der Waals surface area contributed by atoms with E-state index < -0.39 is 23.9 Å². The summed E-state index contributed by atoms with van der Waals surface area (Å²) in [6.45, 7) is 4.93. The first-order valence-electron chi connectivity index (χ1n) is 12.7. The minimum atomic E-state index is -5.77. The zero-order valence-electron chi connectivity index (χ0n) is 22.2. The highest BCUT2D eigenvalue weighted by Gasteiger charge is 2.54. The van der Waals surface area contributed by atoms with Crippen LogP contribution in [0.3, 0.4) is 0 Å². The van der Waals surface area contributed by atoms with Crippen molar-refractivity contribution in [3.05, 3.63) is 64.8 Å².